The summed E-state index contributed by atoms with van der Waals surface area (Å²) in [5.74, 6) is 3.50. The van der Waals surface area contributed by atoms with E-state index in [0.717, 1.165) is 78.5 Å². The number of anilines is 3. The van der Waals surface area contributed by atoms with Crippen molar-refractivity contribution in [1.82, 2.24) is 25.1 Å². The molecule has 2 aliphatic carbocycles. The van der Waals surface area contributed by atoms with E-state index in [1.807, 2.05) is 18.5 Å². The van der Waals surface area contributed by atoms with Gasteiger partial charge in [0.15, 0.2) is 17.0 Å². The van der Waals surface area contributed by atoms with E-state index < -0.39 is 0 Å². The second-order valence-electron chi connectivity index (χ2n) is 9.94. The third-order valence-electron chi connectivity index (χ3n) is 8.34. The molecule has 8 heteroatoms. The molecule has 0 aromatic carbocycles. The van der Waals surface area contributed by atoms with Crippen LogP contribution in [0.2, 0.25) is 0 Å². The summed E-state index contributed by atoms with van der Waals surface area (Å²) in [5, 5.41) is 7.73. The maximum absolute atomic E-state index is 6.63. The van der Waals surface area contributed by atoms with Crippen LogP contribution in [-0.2, 0) is 6.42 Å². The monoisotopic (exact) mass is 416 g/mol. The van der Waals surface area contributed by atoms with Gasteiger partial charge in [-0.1, -0.05) is 0 Å². The van der Waals surface area contributed by atoms with Crippen molar-refractivity contribution in [3.05, 3.63) is 30.2 Å². The molecular weight excluding hydrogens is 388 g/mol. The Hall–Kier alpha value is -2.74. The van der Waals surface area contributed by atoms with Crippen molar-refractivity contribution in [1.29, 1.82) is 0 Å². The molecule has 0 amide bonds. The lowest BCUT2D eigenvalue weighted by atomic mass is 9.72. The number of aromatic nitrogens is 5. The standard InChI is InChI=1S/C23H28N8/c24-20-15-11-14(15)12-23(20)5-9-30(10-6-23)18-13-26-19-21(27-18)28-29-22(19)31-8-2-3-16-17(31)4-1-7-25-16/h1,4,7,13-15,20H,2-3,5-6,8-12,24H2,(H,27,28,29). The zero-order chi connectivity index (χ0) is 20.6. The van der Waals surface area contributed by atoms with Gasteiger partial charge in [0, 0.05) is 31.9 Å². The second-order valence-corrected chi connectivity index (χ2v) is 9.94. The number of aromatic amines is 1. The first-order chi connectivity index (χ1) is 15.2. The van der Waals surface area contributed by atoms with Crippen molar-refractivity contribution in [2.24, 2.45) is 23.0 Å². The molecule has 2 saturated carbocycles. The van der Waals surface area contributed by atoms with E-state index >= 15 is 0 Å². The summed E-state index contributed by atoms with van der Waals surface area (Å²) < 4.78 is 0. The number of nitrogens with two attached hydrogens (primary N) is 1. The van der Waals surface area contributed by atoms with E-state index in [1.54, 1.807) is 0 Å². The molecule has 3 aromatic heterocycles. The van der Waals surface area contributed by atoms with Crippen LogP contribution in [0.25, 0.3) is 11.2 Å². The van der Waals surface area contributed by atoms with E-state index in [2.05, 4.69) is 31.0 Å². The number of fused-ring (bicyclic) bond motifs is 3. The third-order valence-corrected chi connectivity index (χ3v) is 8.34. The van der Waals surface area contributed by atoms with Gasteiger partial charge in [-0.2, -0.15) is 5.10 Å². The third kappa shape index (κ3) is 2.63. The van der Waals surface area contributed by atoms with Gasteiger partial charge in [0.25, 0.3) is 0 Å². The van der Waals surface area contributed by atoms with Crippen molar-refractivity contribution in [2.75, 3.05) is 29.4 Å². The number of piperidine rings is 1. The van der Waals surface area contributed by atoms with Crippen LogP contribution in [0.5, 0.6) is 0 Å². The van der Waals surface area contributed by atoms with Gasteiger partial charge < -0.3 is 15.5 Å². The molecule has 7 rings (SSSR count). The maximum atomic E-state index is 6.63. The van der Waals surface area contributed by atoms with Gasteiger partial charge >= 0.3 is 0 Å². The molecule has 3 atom stereocenters. The first-order valence-corrected chi connectivity index (χ1v) is 11.6. The Morgan fingerprint density at radius 1 is 1.16 bits per heavy atom. The molecule has 4 aliphatic rings. The zero-order valence-electron chi connectivity index (χ0n) is 17.7. The molecule has 1 spiro atoms. The highest BCUT2D eigenvalue weighted by Crippen LogP contribution is 2.62. The fourth-order valence-electron chi connectivity index (χ4n) is 6.51. The number of hydrogen-bond acceptors (Lipinski definition) is 7. The minimum absolute atomic E-state index is 0.373. The normalized spacial score (nSPS) is 28.7. The van der Waals surface area contributed by atoms with Crippen LogP contribution in [0, 0.1) is 17.3 Å². The highest BCUT2D eigenvalue weighted by molar-refractivity contribution is 5.87. The van der Waals surface area contributed by atoms with E-state index in [4.69, 9.17) is 15.7 Å². The fourth-order valence-corrected chi connectivity index (χ4v) is 6.51. The van der Waals surface area contributed by atoms with Gasteiger partial charge in [-0.15, -0.1) is 0 Å². The molecule has 2 aliphatic heterocycles. The lowest BCUT2D eigenvalue weighted by Crippen LogP contribution is -2.48. The molecule has 31 heavy (non-hydrogen) atoms. The molecule has 1 saturated heterocycles. The topological polar surface area (TPSA) is 99.9 Å². The van der Waals surface area contributed by atoms with Crippen molar-refractivity contribution >= 4 is 28.5 Å². The van der Waals surface area contributed by atoms with Crippen LogP contribution in [0.15, 0.2) is 24.5 Å². The molecule has 3 fully saturated rings. The Labute approximate surface area is 181 Å². The van der Waals surface area contributed by atoms with E-state index in [-0.39, 0.29) is 0 Å². The molecular formula is C23H28N8. The van der Waals surface area contributed by atoms with Crippen LogP contribution < -0.4 is 15.5 Å². The summed E-state index contributed by atoms with van der Waals surface area (Å²) in [6.07, 6.45) is 10.9. The number of hydrogen-bond donors (Lipinski definition) is 2. The fraction of sp³-hybridized carbons (Fsp3) is 0.565. The summed E-state index contributed by atoms with van der Waals surface area (Å²) in [7, 11) is 0. The Morgan fingerprint density at radius 3 is 2.90 bits per heavy atom. The number of H-pyrrole nitrogens is 1. The molecule has 3 aromatic rings. The first kappa shape index (κ1) is 17.9. The van der Waals surface area contributed by atoms with Crippen LogP contribution in [0.1, 0.15) is 37.8 Å². The van der Waals surface area contributed by atoms with E-state index in [9.17, 15) is 0 Å². The first-order valence-electron chi connectivity index (χ1n) is 11.6. The highest BCUT2D eigenvalue weighted by atomic mass is 15.3. The Kier molecular flexibility index (Phi) is 3.69. The van der Waals surface area contributed by atoms with Gasteiger partial charge in [-0.05, 0) is 67.9 Å². The average Bonchev–Trinajstić information content (AvgIpc) is 3.36. The SMILES string of the molecule is NC1C2CC2CC12CCN(c1cnc3c(N4CCCc5ncccc54)n[nH]c3n1)CC2. The van der Waals surface area contributed by atoms with Gasteiger partial charge in [-0.3, -0.25) is 10.1 Å². The van der Waals surface area contributed by atoms with Crippen LogP contribution >= 0.6 is 0 Å². The van der Waals surface area contributed by atoms with Crippen molar-refractivity contribution in [2.45, 2.75) is 44.6 Å². The summed E-state index contributed by atoms with van der Waals surface area (Å²) in [6.45, 7) is 2.94. The highest BCUT2D eigenvalue weighted by Gasteiger charge is 2.59. The summed E-state index contributed by atoms with van der Waals surface area (Å²) in [5.41, 5.74) is 10.8. The molecule has 3 unspecified atom stereocenters. The van der Waals surface area contributed by atoms with Crippen molar-refractivity contribution < 1.29 is 0 Å². The molecule has 0 radical (unpaired) electrons. The number of nitrogens with zero attached hydrogens (tertiary/aromatic N) is 6. The lowest BCUT2D eigenvalue weighted by molar-refractivity contribution is 0.172. The average molecular weight is 417 g/mol. The Balaban J connectivity index is 1.15. The number of nitrogens with one attached hydrogen (secondary N) is 1. The van der Waals surface area contributed by atoms with Crippen LogP contribution in [0.4, 0.5) is 17.3 Å². The number of aryl methyl sites for hydroxylation is 1. The predicted molar refractivity (Wildman–Crippen MR) is 119 cm³/mol. The maximum Gasteiger partial charge on any atom is 0.183 e. The minimum atomic E-state index is 0.373. The number of rotatable bonds is 2. The smallest absolute Gasteiger partial charge is 0.183 e. The Bertz CT molecular complexity index is 1150. The molecule has 8 nitrogen and oxygen atoms in total. The van der Waals surface area contributed by atoms with Gasteiger partial charge in [0.1, 0.15) is 5.82 Å². The van der Waals surface area contributed by atoms with Crippen molar-refractivity contribution in [3.63, 3.8) is 0 Å². The van der Waals surface area contributed by atoms with Gasteiger partial charge in [-0.25, -0.2) is 9.97 Å². The second kappa shape index (κ2) is 6.38. The summed E-state index contributed by atoms with van der Waals surface area (Å²) in [6, 6.07) is 4.51. The molecule has 160 valence electrons. The van der Waals surface area contributed by atoms with Crippen LogP contribution in [-0.4, -0.2) is 50.8 Å². The molecule has 3 N–H and O–H groups in total. The number of pyridine rings is 1. The summed E-state index contributed by atoms with van der Waals surface area (Å²) >= 11 is 0. The van der Waals surface area contributed by atoms with E-state index in [0.29, 0.717) is 11.5 Å². The molecule has 5 heterocycles. The van der Waals surface area contributed by atoms with Gasteiger partial charge in [0.05, 0.1) is 17.6 Å². The lowest BCUT2D eigenvalue weighted by Gasteiger charge is -2.43. The van der Waals surface area contributed by atoms with Gasteiger partial charge in [0.2, 0.25) is 0 Å². The summed E-state index contributed by atoms with van der Waals surface area (Å²) in [4.78, 5) is 18.8. The van der Waals surface area contributed by atoms with Crippen molar-refractivity contribution in [3.8, 4) is 0 Å². The Morgan fingerprint density at radius 2 is 2.06 bits per heavy atom. The van der Waals surface area contributed by atoms with E-state index in [1.165, 1.54) is 25.7 Å². The quantitative estimate of drug-likeness (QED) is 0.662. The zero-order valence-corrected chi connectivity index (χ0v) is 17.7. The van der Waals surface area contributed by atoms with Crippen LogP contribution in [0.3, 0.4) is 0 Å². The minimum Gasteiger partial charge on any atom is -0.355 e. The molecule has 0 bridgehead atoms. The largest absolute Gasteiger partial charge is 0.355 e. The predicted octanol–water partition coefficient (Wildman–Crippen LogP) is 2.79.